The number of hydrogen-bond donors (Lipinski definition) is 1. The quantitative estimate of drug-likeness (QED) is 0.773. The second-order valence-electron chi connectivity index (χ2n) is 4.77. The van der Waals surface area contributed by atoms with Gasteiger partial charge in [0.15, 0.2) is 0 Å². The minimum Gasteiger partial charge on any atom is -0.313 e. The minimum absolute atomic E-state index is 0.415. The van der Waals surface area contributed by atoms with Crippen LogP contribution in [0.4, 0.5) is 0 Å². The monoisotopic (exact) mass is 253 g/mol. The first-order chi connectivity index (χ1) is 8.12. The highest BCUT2D eigenvalue weighted by Gasteiger charge is 2.15. The van der Waals surface area contributed by atoms with E-state index in [9.17, 15) is 0 Å². The maximum absolute atomic E-state index is 6.19. The third kappa shape index (κ3) is 4.01. The Morgan fingerprint density at radius 3 is 2.35 bits per heavy atom. The molecule has 17 heavy (non-hydrogen) atoms. The number of rotatable bonds is 6. The molecule has 0 aromatic heterocycles. The fourth-order valence-electron chi connectivity index (χ4n) is 2.20. The molecule has 1 rings (SSSR count). The molecule has 1 unspecified atom stereocenters. The van der Waals surface area contributed by atoms with Gasteiger partial charge in [0.2, 0.25) is 0 Å². The van der Waals surface area contributed by atoms with Gasteiger partial charge in [-0.3, -0.25) is 0 Å². The predicted octanol–water partition coefficient (Wildman–Crippen LogP) is 4.74. The average molecular weight is 254 g/mol. The van der Waals surface area contributed by atoms with Gasteiger partial charge in [0, 0.05) is 11.1 Å². The first-order valence-corrected chi connectivity index (χ1v) is 6.93. The summed E-state index contributed by atoms with van der Waals surface area (Å²) in [6.45, 7) is 6.58. The van der Waals surface area contributed by atoms with Crippen LogP contribution in [0.15, 0.2) is 18.2 Å². The Balaban J connectivity index is 2.82. The summed E-state index contributed by atoms with van der Waals surface area (Å²) in [5.74, 6) is 0.785. The van der Waals surface area contributed by atoms with Gasteiger partial charge in [0.25, 0.3) is 0 Å². The third-order valence-corrected chi connectivity index (χ3v) is 4.08. The summed E-state index contributed by atoms with van der Waals surface area (Å²) in [5, 5.41) is 4.27. The molecule has 96 valence electrons. The summed E-state index contributed by atoms with van der Waals surface area (Å²) >= 11 is 6.19. The highest BCUT2D eigenvalue weighted by molar-refractivity contribution is 6.31. The second-order valence-corrected chi connectivity index (χ2v) is 5.18. The normalized spacial score (nSPS) is 13.1. The van der Waals surface area contributed by atoms with Crippen LogP contribution in [0.3, 0.4) is 0 Å². The molecule has 1 atom stereocenters. The zero-order chi connectivity index (χ0) is 12.8. The molecule has 1 aromatic carbocycles. The molecule has 0 amide bonds. The lowest BCUT2D eigenvalue weighted by atomic mass is 9.91. The molecular formula is C15H24ClN. The van der Waals surface area contributed by atoms with Gasteiger partial charge in [-0.2, -0.15) is 0 Å². The van der Waals surface area contributed by atoms with Crippen LogP contribution in [-0.4, -0.2) is 7.05 Å². The lowest BCUT2D eigenvalue weighted by Gasteiger charge is -2.22. The third-order valence-electron chi connectivity index (χ3n) is 3.67. The van der Waals surface area contributed by atoms with Crippen molar-refractivity contribution >= 4 is 11.6 Å². The van der Waals surface area contributed by atoms with Gasteiger partial charge >= 0.3 is 0 Å². The first kappa shape index (κ1) is 14.5. The minimum atomic E-state index is 0.415. The van der Waals surface area contributed by atoms with Crippen LogP contribution in [0.5, 0.6) is 0 Å². The van der Waals surface area contributed by atoms with E-state index in [1.807, 2.05) is 14.0 Å². The van der Waals surface area contributed by atoms with E-state index < -0.39 is 0 Å². The lowest BCUT2D eigenvalue weighted by molar-refractivity contribution is 0.385. The number of hydrogen-bond acceptors (Lipinski definition) is 1. The molecule has 0 saturated heterocycles. The van der Waals surface area contributed by atoms with Crippen LogP contribution >= 0.6 is 11.6 Å². The molecule has 0 radical (unpaired) electrons. The molecule has 0 saturated carbocycles. The van der Waals surface area contributed by atoms with E-state index in [-0.39, 0.29) is 0 Å². The number of nitrogens with one attached hydrogen (secondary N) is 1. The van der Waals surface area contributed by atoms with Crippen LogP contribution in [0, 0.1) is 12.8 Å². The van der Waals surface area contributed by atoms with Crippen LogP contribution in [0.2, 0.25) is 5.02 Å². The van der Waals surface area contributed by atoms with Crippen LogP contribution < -0.4 is 5.32 Å². The Morgan fingerprint density at radius 2 is 1.88 bits per heavy atom. The molecular weight excluding hydrogens is 230 g/mol. The van der Waals surface area contributed by atoms with Crippen molar-refractivity contribution in [3.05, 3.63) is 34.3 Å². The lowest BCUT2D eigenvalue weighted by Crippen LogP contribution is -2.19. The molecule has 0 heterocycles. The van der Waals surface area contributed by atoms with E-state index >= 15 is 0 Å². The Hall–Kier alpha value is -0.530. The van der Waals surface area contributed by atoms with Crippen molar-refractivity contribution in [3.8, 4) is 0 Å². The SMILES string of the molecule is CCC(CC)CC(NC)c1ccc(C)c(Cl)c1. The predicted molar refractivity (Wildman–Crippen MR) is 76.7 cm³/mol. The van der Waals surface area contributed by atoms with Crippen molar-refractivity contribution < 1.29 is 0 Å². The fourth-order valence-corrected chi connectivity index (χ4v) is 2.39. The maximum atomic E-state index is 6.19. The Bertz CT molecular complexity index is 345. The van der Waals surface area contributed by atoms with E-state index in [1.54, 1.807) is 0 Å². The summed E-state index contributed by atoms with van der Waals surface area (Å²) in [6.07, 6.45) is 3.67. The van der Waals surface area contributed by atoms with Crippen molar-refractivity contribution in [3.63, 3.8) is 0 Å². The van der Waals surface area contributed by atoms with Crippen LogP contribution in [0.1, 0.15) is 50.3 Å². The fraction of sp³-hybridized carbons (Fsp3) is 0.600. The maximum Gasteiger partial charge on any atom is 0.0438 e. The first-order valence-electron chi connectivity index (χ1n) is 6.55. The van der Waals surface area contributed by atoms with Gasteiger partial charge in [-0.05, 0) is 43.5 Å². The van der Waals surface area contributed by atoms with Gasteiger partial charge in [-0.15, -0.1) is 0 Å². The standard InChI is InChI=1S/C15H24ClN/c1-5-12(6-2)9-15(17-4)13-8-7-11(3)14(16)10-13/h7-8,10,12,15,17H,5-6,9H2,1-4H3. The Morgan fingerprint density at radius 1 is 1.24 bits per heavy atom. The summed E-state index contributed by atoms with van der Waals surface area (Å²) in [7, 11) is 2.03. The molecule has 1 N–H and O–H groups in total. The van der Waals surface area contributed by atoms with E-state index in [1.165, 1.54) is 24.8 Å². The highest BCUT2D eigenvalue weighted by atomic mass is 35.5. The molecule has 0 aliphatic rings. The van der Waals surface area contributed by atoms with Gasteiger partial charge in [0.05, 0.1) is 0 Å². The topological polar surface area (TPSA) is 12.0 Å². The summed E-state index contributed by atoms with van der Waals surface area (Å²) in [6, 6.07) is 6.80. The van der Waals surface area contributed by atoms with Gasteiger partial charge in [-0.25, -0.2) is 0 Å². The Kier molecular flexibility index (Phi) is 6.01. The van der Waals surface area contributed by atoms with Gasteiger partial charge in [-0.1, -0.05) is 50.4 Å². The zero-order valence-corrected chi connectivity index (χ0v) is 12.1. The summed E-state index contributed by atoms with van der Waals surface area (Å²) in [4.78, 5) is 0. The van der Waals surface area contributed by atoms with Crippen molar-refractivity contribution in [1.29, 1.82) is 0 Å². The molecule has 0 fully saturated rings. The van der Waals surface area contributed by atoms with E-state index in [2.05, 4.69) is 37.4 Å². The van der Waals surface area contributed by atoms with Gasteiger partial charge in [0.1, 0.15) is 0 Å². The smallest absolute Gasteiger partial charge is 0.0438 e. The molecule has 0 aliphatic carbocycles. The molecule has 0 spiro atoms. The summed E-state index contributed by atoms with van der Waals surface area (Å²) < 4.78 is 0. The van der Waals surface area contributed by atoms with E-state index in [0.29, 0.717) is 6.04 Å². The number of aryl methyl sites for hydroxylation is 1. The largest absolute Gasteiger partial charge is 0.313 e. The Labute approximate surface area is 111 Å². The molecule has 2 heteroatoms. The molecule has 1 nitrogen and oxygen atoms in total. The van der Waals surface area contributed by atoms with Crippen molar-refractivity contribution in [2.75, 3.05) is 7.05 Å². The van der Waals surface area contributed by atoms with Crippen LogP contribution in [0.25, 0.3) is 0 Å². The molecule has 0 aliphatic heterocycles. The number of benzene rings is 1. The van der Waals surface area contributed by atoms with Crippen LogP contribution in [-0.2, 0) is 0 Å². The highest BCUT2D eigenvalue weighted by Crippen LogP contribution is 2.27. The van der Waals surface area contributed by atoms with Crippen molar-refractivity contribution in [2.45, 2.75) is 46.1 Å². The number of halogens is 1. The van der Waals surface area contributed by atoms with Crippen molar-refractivity contribution in [1.82, 2.24) is 5.32 Å². The zero-order valence-electron chi connectivity index (χ0n) is 11.4. The van der Waals surface area contributed by atoms with Crippen molar-refractivity contribution in [2.24, 2.45) is 5.92 Å². The van der Waals surface area contributed by atoms with Gasteiger partial charge < -0.3 is 5.32 Å². The second kappa shape index (κ2) is 7.03. The average Bonchev–Trinajstić information content (AvgIpc) is 2.35. The van der Waals surface area contributed by atoms with E-state index in [0.717, 1.165) is 16.5 Å². The van der Waals surface area contributed by atoms with E-state index in [4.69, 9.17) is 11.6 Å². The summed E-state index contributed by atoms with van der Waals surface area (Å²) in [5.41, 5.74) is 2.45. The molecule has 0 bridgehead atoms. The molecule has 1 aromatic rings.